The van der Waals surface area contributed by atoms with Gasteiger partial charge in [0.2, 0.25) is 0 Å². The van der Waals surface area contributed by atoms with Crippen molar-refractivity contribution in [3.8, 4) is 0 Å². The SMILES string of the molecule is CCc1cc(NC(=O)NCC(C)(C)C2=CCOCC2)no1. The third kappa shape index (κ3) is 4.32. The first-order chi connectivity index (χ1) is 10.0. The number of aryl methyl sites for hydroxylation is 1. The molecule has 0 bridgehead atoms. The number of urea groups is 1. The zero-order chi connectivity index (χ0) is 15.3. The van der Waals surface area contributed by atoms with Crippen molar-refractivity contribution in [3.05, 3.63) is 23.5 Å². The van der Waals surface area contributed by atoms with Crippen molar-refractivity contribution in [1.82, 2.24) is 10.5 Å². The van der Waals surface area contributed by atoms with Gasteiger partial charge in [-0.05, 0) is 6.42 Å². The Balaban J connectivity index is 1.83. The van der Waals surface area contributed by atoms with Crippen LogP contribution in [0, 0.1) is 5.41 Å². The molecule has 2 N–H and O–H groups in total. The molecule has 1 aromatic rings. The van der Waals surface area contributed by atoms with Crippen molar-refractivity contribution < 1.29 is 14.1 Å². The minimum absolute atomic E-state index is 0.0838. The maximum absolute atomic E-state index is 11.9. The third-order valence-corrected chi connectivity index (χ3v) is 3.67. The molecule has 0 aliphatic carbocycles. The van der Waals surface area contributed by atoms with Crippen molar-refractivity contribution in [2.45, 2.75) is 33.6 Å². The number of carbonyl (C=O) groups excluding carboxylic acids is 1. The van der Waals surface area contributed by atoms with Gasteiger partial charge in [0.1, 0.15) is 5.76 Å². The van der Waals surface area contributed by atoms with Gasteiger partial charge in [0.15, 0.2) is 5.82 Å². The summed E-state index contributed by atoms with van der Waals surface area (Å²) < 4.78 is 10.4. The van der Waals surface area contributed by atoms with Crippen LogP contribution in [0.3, 0.4) is 0 Å². The third-order valence-electron chi connectivity index (χ3n) is 3.67. The highest BCUT2D eigenvalue weighted by molar-refractivity contribution is 5.88. The zero-order valence-corrected chi connectivity index (χ0v) is 12.9. The number of carbonyl (C=O) groups is 1. The molecule has 2 heterocycles. The van der Waals surface area contributed by atoms with Gasteiger partial charge in [0.25, 0.3) is 0 Å². The normalized spacial score (nSPS) is 15.5. The van der Waals surface area contributed by atoms with E-state index in [-0.39, 0.29) is 11.4 Å². The highest BCUT2D eigenvalue weighted by Crippen LogP contribution is 2.29. The van der Waals surface area contributed by atoms with Gasteiger partial charge >= 0.3 is 6.03 Å². The Bertz CT molecular complexity index is 520. The number of hydrogen-bond donors (Lipinski definition) is 2. The fraction of sp³-hybridized carbons (Fsp3) is 0.600. The summed E-state index contributed by atoms with van der Waals surface area (Å²) in [4.78, 5) is 11.9. The molecule has 0 saturated carbocycles. The average molecular weight is 293 g/mol. The molecule has 6 heteroatoms. The Morgan fingerprint density at radius 1 is 1.48 bits per heavy atom. The van der Waals surface area contributed by atoms with Crippen molar-refractivity contribution in [2.24, 2.45) is 5.41 Å². The summed E-state index contributed by atoms with van der Waals surface area (Å²) in [6.07, 6.45) is 3.77. The van der Waals surface area contributed by atoms with E-state index in [1.807, 2.05) is 6.92 Å². The largest absolute Gasteiger partial charge is 0.377 e. The summed E-state index contributed by atoms with van der Waals surface area (Å²) in [5.41, 5.74) is 1.24. The van der Waals surface area contributed by atoms with Crippen LogP contribution >= 0.6 is 0 Å². The number of ether oxygens (including phenoxy) is 1. The van der Waals surface area contributed by atoms with Crippen molar-refractivity contribution in [2.75, 3.05) is 25.1 Å². The van der Waals surface area contributed by atoms with E-state index < -0.39 is 0 Å². The molecule has 0 unspecified atom stereocenters. The van der Waals surface area contributed by atoms with Gasteiger partial charge in [-0.15, -0.1) is 0 Å². The Morgan fingerprint density at radius 3 is 2.90 bits per heavy atom. The molecule has 0 atom stereocenters. The van der Waals surface area contributed by atoms with E-state index in [1.165, 1.54) is 5.57 Å². The minimum atomic E-state index is -0.272. The summed E-state index contributed by atoms with van der Waals surface area (Å²) in [5.74, 6) is 1.19. The number of amides is 2. The Morgan fingerprint density at radius 2 is 2.29 bits per heavy atom. The van der Waals surface area contributed by atoms with E-state index in [4.69, 9.17) is 9.26 Å². The van der Waals surface area contributed by atoms with Gasteiger partial charge in [0, 0.05) is 24.4 Å². The fourth-order valence-electron chi connectivity index (χ4n) is 2.26. The lowest BCUT2D eigenvalue weighted by Crippen LogP contribution is -2.38. The van der Waals surface area contributed by atoms with Crippen LogP contribution in [0.4, 0.5) is 10.6 Å². The molecular formula is C15H23N3O3. The van der Waals surface area contributed by atoms with Gasteiger partial charge < -0.3 is 14.6 Å². The van der Waals surface area contributed by atoms with Gasteiger partial charge in [-0.3, -0.25) is 5.32 Å². The first-order valence-corrected chi connectivity index (χ1v) is 7.29. The standard InChI is InChI=1S/C15H23N3O3/c1-4-12-9-13(18-21-12)17-14(19)16-10-15(2,3)11-5-7-20-8-6-11/h5,9H,4,6-8,10H2,1-3H3,(H2,16,17,18,19). The lowest BCUT2D eigenvalue weighted by atomic mass is 9.81. The number of aromatic nitrogens is 1. The molecule has 1 aromatic heterocycles. The van der Waals surface area contributed by atoms with Crippen LogP contribution in [0.15, 0.2) is 22.2 Å². The van der Waals surface area contributed by atoms with Crippen LogP contribution in [0.25, 0.3) is 0 Å². The van der Waals surface area contributed by atoms with Gasteiger partial charge in [0.05, 0.1) is 13.2 Å². The van der Waals surface area contributed by atoms with E-state index in [9.17, 15) is 4.79 Å². The Hall–Kier alpha value is -1.82. The van der Waals surface area contributed by atoms with Gasteiger partial charge in [-0.25, -0.2) is 4.79 Å². The number of nitrogens with one attached hydrogen (secondary N) is 2. The summed E-state index contributed by atoms with van der Waals surface area (Å²) in [6, 6.07) is 1.46. The summed E-state index contributed by atoms with van der Waals surface area (Å²) in [5, 5.41) is 9.34. The molecule has 0 saturated heterocycles. The predicted octanol–water partition coefficient (Wildman–Crippen LogP) is 2.73. The Kier molecular flexibility index (Phi) is 5.01. The topological polar surface area (TPSA) is 76.4 Å². The molecule has 0 fully saturated rings. The van der Waals surface area contributed by atoms with Crippen LogP contribution in [-0.4, -0.2) is 30.9 Å². The van der Waals surface area contributed by atoms with E-state index in [1.54, 1.807) is 6.07 Å². The summed E-state index contributed by atoms with van der Waals surface area (Å²) in [6.45, 7) is 8.17. The van der Waals surface area contributed by atoms with Crippen LogP contribution in [-0.2, 0) is 11.2 Å². The van der Waals surface area contributed by atoms with Crippen LogP contribution < -0.4 is 10.6 Å². The smallest absolute Gasteiger partial charge is 0.320 e. The molecule has 0 aromatic carbocycles. The van der Waals surface area contributed by atoms with Crippen LogP contribution in [0.2, 0.25) is 0 Å². The quantitative estimate of drug-likeness (QED) is 0.818. The molecule has 1 aliphatic heterocycles. The maximum atomic E-state index is 11.9. The van der Waals surface area contributed by atoms with Gasteiger partial charge in [-0.2, -0.15) is 0 Å². The molecule has 2 amide bonds. The van der Waals surface area contributed by atoms with E-state index in [0.29, 0.717) is 19.0 Å². The first-order valence-electron chi connectivity index (χ1n) is 7.29. The Labute approximate surface area is 124 Å². The monoisotopic (exact) mass is 293 g/mol. The molecular weight excluding hydrogens is 270 g/mol. The summed E-state index contributed by atoms with van der Waals surface area (Å²) >= 11 is 0. The average Bonchev–Trinajstić information content (AvgIpc) is 2.94. The highest BCUT2D eigenvalue weighted by Gasteiger charge is 2.25. The van der Waals surface area contributed by atoms with Crippen LogP contribution in [0.5, 0.6) is 0 Å². The van der Waals surface area contributed by atoms with Gasteiger partial charge in [-0.1, -0.05) is 37.6 Å². The number of anilines is 1. The second kappa shape index (κ2) is 6.76. The fourth-order valence-corrected chi connectivity index (χ4v) is 2.26. The number of hydrogen-bond acceptors (Lipinski definition) is 4. The number of nitrogens with zero attached hydrogens (tertiary/aromatic N) is 1. The van der Waals surface area contributed by atoms with E-state index in [2.05, 4.69) is 35.7 Å². The summed E-state index contributed by atoms with van der Waals surface area (Å²) in [7, 11) is 0. The number of rotatable bonds is 5. The molecule has 0 radical (unpaired) electrons. The molecule has 6 nitrogen and oxygen atoms in total. The van der Waals surface area contributed by atoms with Crippen molar-refractivity contribution in [3.63, 3.8) is 0 Å². The highest BCUT2D eigenvalue weighted by atomic mass is 16.5. The van der Waals surface area contributed by atoms with E-state index in [0.717, 1.165) is 25.2 Å². The molecule has 0 spiro atoms. The van der Waals surface area contributed by atoms with Crippen molar-refractivity contribution in [1.29, 1.82) is 0 Å². The lowest BCUT2D eigenvalue weighted by Gasteiger charge is -2.30. The van der Waals surface area contributed by atoms with E-state index >= 15 is 0 Å². The molecule has 21 heavy (non-hydrogen) atoms. The first kappa shape index (κ1) is 15.6. The van der Waals surface area contributed by atoms with Crippen molar-refractivity contribution >= 4 is 11.8 Å². The lowest BCUT2D eigenvalue weighted by molar-refractivity contribution is 0.145. The second-order valence-corrected chi connectivity index (χ2v) is 5.78. The molecule has 116 valence electrons. The maximum Gasteiger partial charge on any atom is 0.320 e. The molecule has 2 rings (SSSR count). The molecule has 1 aliphatic rings. The zero-order valence-electron chi connectivity index (χ0n) is 12.9. The minimum Gasteiger partial charge on any atom is -0.377 e. The second-order valence-electron chi connectivity index (χ2n) is 5.78. The predicted molar refractivity (Wildman–Crippen MR) is 80.2 cm³/mol. The van der Waals surface area contributed by atoms with Crippen LogP contribution in [0.1, 0.15) is 33.0 Å².